The maximum atomic E-state index is 13.2. The van der Waals surface area contributed by atoms with Crippen molar-refractivity contribution in [3.05, 3.63) is 29.6 Å². The van der Waals surface area contributed by atoms with Gasteiger partial charge in [-0.15, -0.1) is 0 Å². The van der Waals surface area contributed by atoms with Crippen LogP contribution < -0.4 is 4.72 Å². The molecule has 0 heterocycles. The molecule has 0 saturated heterocycles. The number of halogens is 2. The molecule has 0 bridgehead atoms. The van der Waals surface area contributed by atoms with Gasteiger partial charge >= 0.3 is 0 Å². The zero-order valence-electron chi connectivity index (χ0n) is 10.7. The summed E-state index contributed by atoms with van der Waals surface area (Å²) in [5, 5.41) is 0. The number of benzene rings is 1. The Kier molecular flexibility index (Phi) is 4.63. The molecule has 0 aromatic heterocycles. The van der Waals surface area contributed by atoms with Crippen LogP contribution in [0.3, 0.4) is 0 Å². The van der Waals surface area contributed by atoms with Crippen molar-refractivity contribution in [3.63, 3.8) is 0 Å². The van der Waals surface area contributed by atoms with Crippen LogP contribution >= 0.6 is 15.9 Å². The quantitative estimate of drug-likeness (QED) is 0.852. The van der Waals surface area contributed by atoms with Crippen molar-refractivity contribution >= 4 is 26.0 Å². The summed E-state index contributed by atoms with van der Waals surface area (Å²) in [6.07, 6.45) is 3.53. The second-order valence-corrected chi connectivity index (χ2v) is 7.96. The molecule has 6 heteroatoms. The number of alkyl halides is 1. The van der Waals surface area contributed by atoms with E-state index >= 15 is 0 Å². The Morgan fingerprint density at radius 1 is 1.26 bits per heavy atom. The summed E-state index contributed by atoms with van der Waals surface area (Å²) >= 11 is 3.53. The lowest BCUT2D eigenvalue weighted by molar-refractivity contribution is 0.422. The molecule has 1 saturated carbocycles. The number of nitrogens with one attached hydrogen (secondary N) is 1. The molecule has 1 aliphatic carbocycles. The highest BCUT2D eigenvalue weighted by Gasteiger charge is 2.25. The van der Waals surface area contributed by atoms with Gasteiger partial charge < -0.3 is 0 Å². The number of aryl methyl sites for hydroxylation is 1. The third kappa shape index (κ3) is 3.77. The van der Waals surface area contributed by atoms with Crippen LogP contribution in [0, 0.1) is 12.7 Å². The fourth-order valence-electron chi connectivity index (χ4n) is 2.32. The third-order valence-corrected chi connectivity index (χ3v) is 6.00. The predicted molar refractivity (Wildman–Crippen MR) is 76.4 cm³/mol. The maximum absolute atomic E-state index is 13.2. The number of sulfonamides is 1. The first-order valence-electron chi connectivity index (χ1n) is 6.31. The van der Waals surface area contributed by atoms with Crippen molar-refractivity contribution in [1.29, 1.82) is 0 Å². The van der Waals surface area contributed by atoms with Crippen molar-refractivity contribution in [3.8, 4) is 0 Å². The third-order valence-electron chi connectivity index (χ3n) is 3.42. The van der Waals surface area contributed by atoms with Gasteiger partial charge in [0, 0.05) is 10.9 Å². The largest absolute Gasteiger partial charge is 0.241 e. The van der Waals surface area contributed by atoms with E-state index in [-0.39, 0.29) is 10.9 Å². The summed E-state index contributed by atoms with van der Waals surface area (Å²) in [7, 11) is -3.64. The normalized spacial score (nSPS) is 24.4. The number of rotatable bonds is 3. The van der Waals surface area contributed by atoms with Gasteiger partial charge in [-0.05, 0) is 50.3 Å². The summed E-state index contributed by atoms with van der Waals surface area (Å²) < 4.78 is 40.4. The van der Waals surface area contributed by atoms with Gasteiger partial charge in [0.05, 0.1) is 4.90 Å². The zero-order chi connectivity index (χ0) is 14.0. The standard InChI is InChI=1S/C13H17BrFNO2S/c1-9-2-5-11(15)8-13(9)19(17,18)16-12-6-3-10(14)4-7-12/h2,5,8,10,12,16H,3-4,6-7H2,1H3. The highest BCUT2D eigenvalue weighted by molar-refractivity contribution is 9.09. The minimum absolute atomic E-state index is 0.0356. The van der Waals surface area contributed by atoms with Crippen molar-refractivity contribution in [2.45, 2.75) is 48.4 Å². The Hall–Kier alpha value is -0.460. The lowest BCUT2D eigenvalue weighted by Gasteiger charge is -2.26. The summed E-state index contributed by atoms with van der Waals surface area (Å²) in [6.45, 7) is 1.67. The topological polar surface area (TPSA) is 46.2 Å². The van der Waals surface area contributed by atoms with E-state index in [1.54, 1.807) is 6.92 Å². The minimum Gasteiger partial charge on any atom is -0.208 e. The Bertz CT molecular complexity index is 554. The molecular weight excluding hydrogens is 333 g/mol. The highest BCUT2D eigenvalue weighted by atomic mass is 79.9. The number of hydrogen-bond donors (Lipinski definition) is 1. The SMILES string of the molecule is Cc1ccc(F)cc1S(=O)(=O)NC1CCC(Br)CC1. The van der Waals surface area contributed by atoms with Gasteiger partial charge in [-0.1, -0.05) is 22.0 Å². The minimum atomic E-state index is -3.64. The average Bonchev–Trinajstić information content (AvgIpc) is 2.35. The molecule has 0 unspecified atom stereocenters. The molecule has 0 radical (unpaired) electrons. The van der Waals surface area contributed by atoms with Crippen molar-refractivity contribution in [2.24, 2.45) is 0 Å². The van der Waals surface area contributed by atoms with Crippen molar-refractivity contribution in [1.82, 2.24) is 4.72 Å². The Morgan fingerprint density at radius 3 is 2.53 bits per heavy atom. The van der Waals surface area contributed by atoms with Crippen LogP contribution in [-0.2, 0) is 10.0 Å². The maximum Gasteiger partial charge on any atom is 0.241 e. The molecule has 1 aromatic carbocycles. The van der Waals surface area contributed by atoms with Crippen LogP contribution in [0.1, 0.15) is 31.2 Å². The molecular formula is C13H17BrFNO2S. The van der Waals surface area contributed by atoms with Crippen LogP contribution in [0.4, 0.5) is 4.39 Å². The molecule has 0 amide bonds. The molecule has 1 aromatic rings. The van der Waals surface area contributed by atoms with E-state index in [1.807, 2.05) is 0 Å². The molecule has 1 fully saturated rings. The molecule has 0 aliphatic heterocycles. The first-order chi connectivity index (χ1) is 8.88. The van der Waals surface area contributed by atoms with Crippen LogP contribution in [0.5, 0.6) is 0 Å². The second kappa shape index (κ2) is 5.89. The molecule has 0 atom stereocenters. The van der Waals surface area contributed by atoms with E-state index in [2.05, 4.69) is 20.7 Å². The molecule has 0 spiro atoms. The summed E-state index contributed by atoms with van der Waals surface area (Å²) in [6, 6.07) is 3.78. The molecule has 19 heavy (non-hydrogen) atoms. The van der Waals surface area contributed by atoms with Gasteiger partial charge in [0.1, 0.15) is 5.82 Å². The average molecular weight is 350 g/mol. The van der Waals surface area contributed by atoms with E-state index in [4.69, 9.17) is 0 Å². The molecule has 3 nitrogen and oxygen atoms in total. The monoisotopic (exact) mass is 349 g/mol. The van der Waals surface area contributed by atoms with Gasteiger partial charge in [-0.2, -0.15) is 0 Å². The molecule has 106 valence electrons. The fraction of sp³-hybridized carbons (Fsp3) is 0.538. The number of hydrogen-bond acceptors (Lipinski definition) is 2. The smallest absolute Gasteiger partial charge is 0.208 e. The zero-order valence-corrected chi connectivity index (χ0v) is 13.1. The second-order valence-electron chi connectivity index (χ2n) is 4.98. The molecule has 1 aliphatic rings. The lowest BCUT2D eigenvalue weighted by Crippen LogP contribution is -2.38. The van der Waals surface area contributed by atoms with Crippen LogP contribution in [0.15, 0.2) is 23.1 Å². The first kappa shape index (κ1) is 14.9. The van der Waals surface area contributed by atoms with Gasteiger partial charge in [0.25, 0.3) is 0 Å². The summed E-state index contributed by atoms with van der Waals surface area (Å²) in [5.41, 5.74) is 0.558. The summed E-state index contributed by atoms with van der Waals surface area (Å²) in [5.74, 6) is -0.532. The van der Waals surface area contributed by atoms with E-state index in [1.165, 1.54) is 12.1 Å². The van der Waals surface area contributed by atoms with E-state index in [0.717, 1.165) is 31.7 Å². The van der Waals surface area contributed by atoms with Crippen molar-refractivity contribution in [2.75, 3.05) is 0 Å². The van der Waals surface area contributed by atoms with Gasteiger partial charge in [-0.3, -0.25) is 0 Å². The van der Waals surface area contributed by atoms with E-state index in [0.29, 0.717) is 10.4 Å². The van der Waals surface area contributed by atoms with Gasteiger partial charge in [0.2, 0.25) is 10.0 Å². The van der Waals surface area contributed by atoms with Crippen molar-refractivity contribution < 1.29 is 12.8 Å². The lowest BCUT2D eigenvalue weighted by atomic mass is 9.96. The van der Waals surface area contributed by atoms with Gasteiger partial charge in [0.15, 0.2) is 0 Å². The van der Waals surface area contributed by atoms with E-state index in [9.17, 15) is 12.8 Å². The first-order valence-corrected chi connectivity index (χ1v) is 8.71. The van der Waals surface area contributed by atoms with Gasteiger partial charge in [-0.25, -0.2) is 17.5 Å². The Balaban J connectivity index is 2.16. The summed E-state index contributed by atoms with van der Waals surface area (Å²) in [4.78, 5) is 0.512. The fourth-order valence-corrected chi connectivity index (χ4v) is 4.41. The van der Waals surface area contributed by atoms with E-state index < -0.39 is 15.8 Å². The van der Waals surface area contributed by atoms with Crippen LogP contribution in [0.25, 0.3) is 0 Å². The molecule has 1 N–H and O–H groups in total. The molecule has 2 rings (SSSR count). The van der Waals surface area contributed by atoms with Crippen LogP contribution in [0.2, 0.25) is 0 Å². The Labute approximate surface area is 121 Å². The highest BCUT2D eigenvalue weighted by Crippen LogP contribution is 2.26. The Morgan fingerprint density at radius 2 is 1.89 bits per heavy atom. The van der Waals surface area contributed by atoms with Crippen LogP contribution in [-0.4, -0.2) is 19.3 Å². The predicted octanol–water partition coefficient (Wildman–Crippen LogP) is 3.12.